The number of ether oxygens (including phenoxy) is 1. The van der Waals surface area contributed by atoms with Gasteiger partial charge in [-0.1, -0.05) is 30.4 Å². The fraction of sp³-hybridized carbons (Fsp3) is 0.552. The van der Waals surface area contributed by atoms with E-state index in [0.717, 1.165) is 42.5 Å². The summed E-state index contributed by atoms with van der Waals surface area (Å²) in [4.78, 5) is 44.8. The van der Waals surface area contributed by atoms with Crippen LogP contribution < -0.4 is 4.90 Å². The minimum absolute atomic E-state index is 0.0470. The molecule has 3 saturated heterocycles. The van der Waals surface area contributed by atoms with E-state index in [0.29, 0.717) is 19.6 Å². The number of aliphatic hydroxyl groups excluding tert-OH is 1. The number of allylic oxidation sites excluding steroid dienone is 1. The van der Waals surface area contributed by atoms with Crippen molar-refractivity contribution in [3.63, 3.8) is 0 Å². The van der Waals surface area contributed by atoms with E-state index in [1.54, 1.807) is 22.7 Å². The third kappa shape index (κ3) is 4.74. The number of unbranched alkanes of at least 4 members (excludes halogenated alkanes) is 2. The predicted octanol–water partition coefficient (Wildman–Crippen LogP) is 3.81. The van der Waals surface area contributed by atoms with E-state index >= 15 is 0 Å². The van der Waals surface area contributed by atoms with Crippen LogP contribution in [0.5, 0.6) is 0 Å². The first kappa shape index (κ1) is 27.5. The van der Waals surface area contributed by atoms with E-state index in [9.17, 15) is 19.5 Å². The molecule has 7 nitrogen and oxygen atoms in total. The lowest BCUT2D eigenvalue weighted by atomic mass is 9.71. The topological polar surface area (TPSA) is 87.2 Å². The van der Waals surface area contributed by atoms with Crippen LogP contribution in [0.3, 0.4) is 0 Å². The Labute approximate surface area is 223 Å². The molecule has 8 heteroatoms. The van der Waals surface area contributed by atoms with Gasteiger partial charge in [-0.15, -0.1) is 24.9 Å². The predicted molar refractivity (Wildman–Crippen MR) is 146 cm³/mol. The Kier molecular flexibility index (Phi) is 8.49. The zero-order valence-corrected chi connectivity index (χ0v) is 22.7. The number of carbonyl (C=O) groups is 3. The van der Waals surface area contributed by atoms with Gasteiger partial charge < -0.3 is 19.6 Å². The number of amides is 2. The number of aryl methyl sites for hydroxylation is 2. The van der Waals surface area contributed by atoms with Gasteiger partial charge in [0.05, 0.1) is 29.8 Å². The van der Waals surface area contributed by atoms with Crippen molar-refractivity contribution in [3.05, 3.63) is 54.6 Å². The number of benzene rings is 1. The van der Waals surface area contributed by atoms with Crippen LogP contribution in [0, 0.1) is 25.7 Å². The molecule has 1 N–H and O–H groups in total. The molecule has 1 aromatic rings. The summed E-state index contributed by atoms with van der Waals surface area (Å²) >= 11 is 1.61. The molecule has 2 bridgehead atoms. The standard InChI is InChI=1S/C29H38N2O5S/c1-5-7-8-9-18-36-28(35)22-21-13-14-29(37-21)23(22)26(33)31(16-17-32)25(29)27(34)30(15-6-2)24-19(3)11-10-12-20(24)4/h5-6,10-12,21-23,25,32H,1-2,7-9,13-18H2,3-4H3/t21-,22+,23-,25?,29?/m0/s1. The van der Waals surface area contributed by atoms with Crippen molar-refractivity contribution < 1.29 is 24.2 Å². The van der Waals surface area contributed by atoms with Crippen molar-refractivity contribution in [2.75, 3.05) is 31.2 Å². The summed E-state index contributed by atoms with van der Waals surface area (Å²) in [6, 6.07) is 5.12. The second-order valence-corrected chi connectivity index (χ2v) is 11.8. The first-order chi connectivity index (χ1) is 17.8. The van der Waals surface area contributed by atoms with Gasteiger partial charge in [0.25, 0.3) is 5.91 Å². The quantitative estimate of drug-likeness (QED) is 0.253. The van der Waals surface area contributed by atoms with Crippen molar-refractivity contribution in [2.45, 2.75) is 62.0 Å². The van der Waals surface area contributed by atoms with Crippen molar-refractivity contribution in [3.8, 4) is 0 Å². The molecule has 1 aromatic carbocycles. The summed E-state index contributed by atoms with van der Waals surface area (Å²) in [6.07, 6.45) is 7.47. The average molecular weight is 527 g/mol. The van der Waals surface area contributed by atoms with Crippen LogP contribution in [0.1, 0.15) is 43.2 Å². The number of hydrogen-bond acceptors (Lipinski definition) is 6. The summed E-state index contributed by atoms with van der Waals surface area (Å²) < 4.78 is 4.93. The highest BCUT2D eigenvalue weighted by Gasteiger charge is 2.74. The highest BCUT2D eigenvalue weighted by atomic mass is 32.2. The molecule has 200 valence electrons. The Balaban J connectivity index is 1.67. The van der Waals surface area contributed by atoms with Crippen molar-refractivity contribution in [2.24, 2.45) is 11.8 Å². The van der Waals surface area contributed by atoms with Crippen LogP contribution in [-0.4, -0.2) is 70.1 Å². The second-order valence-electron chi connectivity index (χ2n) is 10.2. The van der Waals surface area contributed by atoms with Gasteiger partial charge in [-0.3, -0.25) is 14.4 Å². The number of fused-ring (bicyclic) bond motifs is 1. The van der Waals surface area contributed by atoms with Crippen molar-refractivity contribution >= 4 is 35.2 Å². The largest absolute Gasteiger partial charge is 0.465 e. The highest BCUT2D eigenvalue weighted by molar-refractivity contribution is 8.02. The number of esters is 1. The number of rotatable bonds is 12. The van der Waals surface area contributed by atoms with Crippen LogP contribution >= 0.6 is 11.8 Å². The van der Waals surface area contributed by atoms with Gasteiger partial charge in [0.1, 0.15) is 6.04 Å². The molecule has 0 radical (unpaired) electrons. The van der Waals surface area contributed by atoms with Crippen LogP contribution in [0.2, 0.25) is 0 Å². The number of nitrogens with zero attached hydrogens (tertiary/aromatic N) is 2. The number of para-hydroxylation sites is 1. The van der Waals surface area contributed by atoms with Crippen molar-refractivity contribution in [1.29, 1.82) is 0 Å². The number of aliphatic hydroxyl groups is 1. The minimum Gasteiger partial charge on any atom is -0.465 e. The minimum atomic E-state index is -0.767. The molecule has 5 atom stereocenters. The lowest BCUT2D eigenvalue weighted by molar-refractivity contribution is -0.154. The molecular formula is C29H38N2O5S. The van der Waals surface area contributed by atoms with Crippen LogP contribution in [0.25, 0.3) is 0 Å². The molecule has 0 aliphatic carbocycles. The Bertz CT molecular complexity index is 1050. The Morgan fingerprint density at radius 2 is 1.97 bits per heavy atom. The SMILES string of the molecule is C=CCCCCOC(=O)[C@@H]1[C@@H]2CCC3(S2)C(C(=O)N(CC=C)c2c(C)cccc2C)N(CCO)C(=O)[C@H]13. The third-order valence-electron chi connectivity index (χ3n) is 7.98. The van der Waals surface area contributed by atoms with E-state index in [2.05, 4.69) is 13.2 Å². The molecule has 3 aliphatic rings. The van der Waals surface area contributed by atoms with Crippen molar-refractivity contribution in [1.82, 2.24) is 4.90 Å². The number of likely N-dealkylation sites (tertiary alicyclic amines) is 1. The Morgan fingerprint density at radius 3 is 2.62 bits per heavy atom. The van der Waals surface area contributed by atoms with E-state index < -0.39 is 22.6 Å². The van der Waals surface area contributed by atoms with Crippen LogP contribution in [0.4, 0.5) is 5.69 Å². The molecule has 1 spiro atoms. The molecular weight excluding hydrogens is 488 g/mol. The summed E-state index contributed by atoms with van der Waals surface area (Å²) in [6.45, 7) is 11.9. The molecule has 4 rings (SSSR count). The maximum Gasteiger partial charge on any atom is 0.310 e. The Morgan fingerprint density at radius 1 is 1.24 bits per heavy atom. The summed E-state index contributed by atoms with van der Waals surface area (Å²) in [5.74, 6) is -1.95. The van der Waals surface area contributed by atoms with E-state index in [-0.39, 0.29) is 36.2 Å². The molecule has 2 unspecified atom stereocenters. The van der Waals surface area contributed by atoms with Gasteiger partial charge in [0.2, 0.25) is 5.91 Å². The lowest BCUT2D eigenvalue weighted by Crippen LogP contribution is -2.55. The number of β-amino-alcohol motifs (C(OH)–C–C–N with tert-alkyl or cyclic N) is 1. The summed E-state index contributed by atoms with van der Waals surface area (Å²) in [5, 5.41) is 9.80. The number of thioether (sulfide) groups is 1. The summed E-state index contributed by atoms with van der Waals surface area (Å²) in [5.41, 5.74) is 2.74. The van der Waals surface area contributed by atoms with E-state index in [1.165, 1.54) is 4.90 Å². The Hall–Kier alpha value is -2.58. The van der Waals surface area contributed by atoms with Gasteiger partial charge in [-0.2, -0.15) is 0 Å². The fourth-order valence-corrected chi connectivity index (χ4v) is 8.71. The number of carbonyl (C=O) groups excluding carboxylic acids is 3. The van der Waals surface area contributed by atoms with Crippen LogP contribution in [-0.2, 0) is 19.1 Å². The van der Waals surface area contributed by atoms with Gasteiger partial charge >= 0.3 is 5.97 Å². The molecule has 37 heavy (non-hydrogen) atoms. The molecule has 3 aliphatic heterocycles. The normalized spacial score (nSPS) is 27.8. The average Bonchev–Trinajstić information content (AvgIpc) is 3.51. The van der Waals surface area contributed by atoms with Gasteiger partial charge in [-0.05, 0) is 57.1 Å². The van der Waals surface area contributed by atoms with Gasteiger partial charge in [0.15, 0.2) is 0 Å². The first-order valence-corrected chi connectivity index (χ1v) is 14.1. The maximum absolute atomic E-state index is 14.4. The zero-order chi connectivity index (χ0) is 26.7. The number of anilines is 1. The molecule has 0 aromatic heterocycles. The molecule has 3 heterocycles. The first-order valence-electron chi connectivity index (χ1n) is 13.2. The highest BCUT2D eigenvalue weighted by Crippen LogP contribution is 2.66. The smallest absolute Gasteiger partial charge is 0.310 e. The number of hydrogen-bond donors (Lipinski definition) is 1. The fourth-order valence-electron chi connectivity index (χ4n) is 6.51. The second kappa shape index (κ2) is 11.4. The lowest BCUT2D eigenvalue weighted by Gasteiger charge is -2.37. The van der Waals surface area contributed by atoms with Crippen LogP contribution in [0.15, 0.2) is 43.5 Å². The van der Waals surface area contributed by atoms with Gasteiger partial charge in [0, 0.05) is 24.0 Å². The van der Waals surface area contributed by atoms with E-state index in [1.807, 2.05) is 38.1 Å². The molecule has 3 fully saturated rings. The molecule has 2 amide bonds. The third-order valence-corrected chi connectivity index (χ3v) is 9.93. The van der Waals surface area contributed by atoms with Gasteiger partial charge in [-0.25, -0.2) is 0 Å². The summed E-state index contributed by atoms with van der Waals surface area (Å²) in [7, 11) is 0. The monoisotopic (exact) mass is 526 g/mol. The zero-order valence-electron chi connectivity index (χ0n) is 21.9. The molecule has 0 saturated carbocycles. The maximum atomic E-state index is 14.4. The van der Waals surface area contributed by atoms with E-state index in [4.69, 9.17) is 4.74 Å².